The van der Waals surface area contributed by atoms with Crippen molar-refractivity contribution in [1.29, 1.82) is 0 Å². The molecule has 3 aromatic rings. The molecule has 0 atom stereocenters. The molecule has 2 heterocycles. The lowest BCUT2D eigenvalue weighted by molar-refractivity contribution is 0.193. The van der Waals surface area contributed by atoms with E-state index in [1.807, 2.05) is 6.92 Å². The van der Waals surface area contributed by atoms with Crippen molar-refractivity contribution in [2.75, 3.05) is 19.6 Å². The van der Waals surface area contributed by atoms with Gasteiger partial charge in [-0.15, -0.1) is 0 Å². The average molecular weight is 468 g/mol. The van der Waals surface area contributed by atoms with E-state index < -0.39 is 0 Å². The minimum Gasteiger partial charge on any atom is -0.334 e. The van der Waals surface area contributed by atoms with E-state index in [4.69, 9.17) is 11.6 Å². The van der Waals surface area contributed by atoms with Crippen molar-refractivity contribution in [2.45, 2.75) is 45.8 Å². The van der Waals surface area contributed by atoms with Crippen molar-refractivity contribution in [1.82, 2.24) is 25.1 Å². The highest BCUT2D eigenvalue weighted by Crippen LogP contribution is 2.16. The molecule has 174 valence electrons. The van der Waals surface area contributed by atoms with Crippen LogP contribution in [0.4, 0.5) is 4.79 Å². The molecule has 0 radical (unpaired) electrons. The first-order chi connectivity index (χ1) is 16.0. The lowest BCUT2D eigenvalue weighted by atomic mass is 10.1. The Morgan fingerprint density at radius 1 is 1.15 bits per heavy atom. The fourth-order valence-corrected chi connectivity index (χ4v) is 4.36. The average Bonchev–Trinajstić information content (AvgIpc) is 3.31. The van der Waals surface area contributed by atoms with Gasteiger partial charge in [0, 0.05) is 24.7 Å². The number of H-pyrrole nitrogens is 1. The Hall–Kier alpha value is -2.90. The van der Waals surface area contributed by atoms with E-state index in [1.165, 1.54) is 31.5 Å². The SMILES string of the molecule is CCCN(Cc1nc2cc(Cl)ccc2c(=O)[nH]1)C(=O)NCc1ccc(CN2CCCC2)cc1. The van der Waals surface area contributed by atoms with Gasteiger partial charge in [0.05, 0.1) is 17.4 Å². The van der Waals surface area contributed by atoms with Gasteiger partial charge < -0.3 is 15.2 Å². The zero-order valence-corrected chi connectivity index (χ0v) is 19.7. The number of aromatic nitrogens is 2. The number of fused-ring (bicyclic) bond motifs is 1. The number of hydrogen-bond acceptors (Lipinski definition) is 4. The topological polar surface area (TPSA) is 81.3 Å². The molecular weight excluding hydrogens is 438 g/mol. The predicted octanol–water partition coefficient (Wildman–Crippen LogP) is 4.29. The van der Waals surface area contributed by atoms with Gasteiger partial charge in [-0.1, -0.05) is 42.8 Å². The number of hydrogen-bond donors (Lipinski definition) is 2. The van der Waals surface area contributed by atoms with E-state index in [9.17, 15) is 9.59 Å². The highest BCUT2D eigenvalue weighted by atomic mass is 35.5. The van der Waals surface area contributed by atoms with Gasteiger partial charge in [-0.2, -0.15) is 0 Å². The third-order valence-electron chi connectivity index (χ3n) is 5.91. The summed E-state index contributed by atoms with van der Waals surface area (Å²) in [7, 11) is 0. The van der Waals surface area contributed by atoms with Crippen LogP contribution in [0.3, 0.4) is 0 Å². The van der Waals surface area contributed by atoms with Crippen molar-refractivity contribution in [3.63, 3.8) is 0 Å². The lowest BCUT2D eigenvalue weighted by Crippen LogP contribution is -2.40. The van der Waals surface area contributed by atoms with Crippen molar-refractivity contribution in [2.24, 2.45) is 0 Å². The van der Waals surface area contributed by atoms with Crippen LogP contribution in [-0.4, -0.2) is 45.4 Å². The number of nitrogens with one attached hydrogen (secondary N) is 2. The summed E-state index contributed by atoms with van der Waals surface area (Å²) >= 11 is 6.05. The quantitative estimate of drug-likeness (QED) is 0.517. The summed E-state index contributed by atoms with van der Waals surface area (Å²) in [5.41, 5.74) is 2.63. The van der Waals surface area contributed by atoms with Gasteiger partial charge in [-0.3, -0.25) is 9.69 Å². The van der Waals surface area contributed by atoms with Crippen LogP contribution in [0, 0.1) is 0 Å². The second-order valence-corrected chi connectivity index (χ2v) is 8.99. The maximum Gasteiger partial charge on any atom is 0.318 e. The number of benzene rings is 2. The molecule has 1 fully saturated rings. The van der Waals surface area contributed by atoms with Gasteiger partial charge in [-0.05, 0) is 61.7 Å². The minimum absolute atomic E-state index is 0.188. The smallest absolute Gasteiger partial charge is 0.318 e. The Morgan fingerprint density at radius 3 is 2.61 bits per heavy atom. The van der Waals surface area contributed by atoms with Crippen LogP contribution in [0.15, 0.2) is 47.3 Å². The third kappa shape index (κ3) is 6.12. The van der Waals surface area contributed by atoms with Crippen LogP contribution < -0.4 is 10.9 Å². The largest absolute Gasteiger partial charge is 0.334 e. The first kappa shape index (κ1) is 23.3. The summed E-state index contributed by atoms with van der Waals surface area (Å²) in [4.78, 5) is 36.7. The molecule has 1 aromatic heterocycles. The monoisotopic (exact) mass is 467 g/mol. The fraction of sp³-hybridized carbons (Fsp3) is 0.400. The number of halogens is 1. The Kier molecular flexibility index (Phi) is 7.62. The molecule has 0 spiro atoms. The van der Waals surface area contributed by atoms with Crippen LogP contribution in [0.1, 0.15) is 43.1 Å². The molecule has 33 heavy (non-hydrogen) atoms. The predicted molar refractivity (Wildman–Crippen MR) is 131 cm³/mol. The number of amides is 2. The van der Waals surface area contributed by atoms with E-state index in [2.05, 4.69) is 44.5 Å². The number of rotatable bonds is 8. The molecule has 1 saturated heterocycles. The molecule has 0 aliphatic carbocycles. The summed E-state index contributed by atoms with van der Waals surface area (Å²) in [6, 6.07) is 13.2. The highest BCUT2D eigenvalue weighted by molar-refractivity contribution is 6.31. The fourth-order valence-electron chi connectivity index (χ4n) is 4.19. The molecule has 2 N–H and O–H groups in total. The number of carbonyl (C=O) groups is 1. The van der Waals surface area contributed by atoms with Crippen LogP contribution >= 0.6 is 11.6 Å². The van der Waals surface area contributed by atoms with Gasteiger partial charge in [0.25, 0.3) is 5.56 Å². The first-order valence-electron chi connectivity index (χ1n) is 11.5. The van der Waals surface area contributed by atoms with Gasteiger partial charge in [0.1, 0.15) is 5.82 Å². The van der Waals surface area contributed by atoms with Gasteiger partial charge in [0.2, 0.25) is 0 Å². The number of nitrogens with zero attached hydrogens (tertiary/aromatic N) is 3. The van der Waals surface area contributed by atoms with Gasteiger partial charge in [-0.25, -0.2) is 9.78 Å². The Labute approximate surface area is 198 Å². The normalized spacial score (nSPS) is 14.0. The molecule has 0 unspecified atom stereocenters. The van der Waals surface area contributed by atoms with Gasteiger partial charge in [0.15, 0.2) is 0 Å². The second-order valence-electron chi connectivity index (χ2n) is 8.55. The van der Waals surface area contributed by atoms with Crippen molar-refractivity contribution in [3.05, 3.63) is 74.8 Å². The minimum atomic E-state index is -0.238. The zero-order valence-electron chi connectivity index (χ0n) is 18.9. The summed E-state index contributed by atoms with van der Waals surface area (Å²) < 4.78 is 0. The van der Waals surface area contributed by atoms with E-state index in [1.54, 1.807) is 23.1 Å². The van der Waals surface area contributed by atoms with E-state index in [0.29, 0.717) is 34.8 Å². The number of urea groups is 1. The number of aromatic amines is 1. The lowest BCUT2D eigenvalue weighted by Gasteiger charge is -2.22. The summed E-state index contributed by atoms with van der Waals surface area (Å²) in [5.74, 6) is 0.435. The second kappa shape index (κ2) is 10.8. The standard InChI is InChI=1S/C25H30ClN5O2/c1-2-11-31(17-23-28-22-14-20(26)9-10-21(22)24(32)29-23)25(33)27-15-18-5-7-19(8-6-18)16-30-12-3-4-13-30/h5-10,14H,2-4,11-13,15-17H2,1H3,(H,27,33)(H,28,29,32). The summed E-state index contributed by atoms with van der Waals surface area (Å²) in [5, 5.41) is 3.98. The van der Waals surface area contributed by atoms with Crippen LogP contribution in [0.5, 0.6) is 0 Å². The number of likely N-dealkylation sites (tertiary alicyclic amines) is 1. The summed E-state index contributed by atoms with van der Waals surface area (Å²) in [6.07, 6.45) is 3.37. The summed E-state index contributed by atoms with van der Waals surface area (Å²) in [6.45, 7) is 6.56. The van der Waals surface area contributed by atoms with E-state index in [-0.39, 0.29) is 18.1 Å². The number of carbonyl (C=O) groups excluding carboxylic acids is 1. The van der Waals surface area contributed by atoms with Gasteiger partial charge >= 0.3 is 6.03 Å². The van der Waals surface area contributed by atoms with Crippen molar-refractivity contribution < 1.29 is 4.79 Å². The van der Waals surface area contributed by atoms with E-state index >= 15 is 0 Å². The molecule has 4 rings (SSSR count). The molecular formula is C25H30ClN5O2. The maximum absolute atomic E-state index is 12.9. The van der Waals surface area contributed by atoms with Crippen LogP contribution in [0.25, 0.3) is 10.9 Å². The van der Waals surface area contributed by atoms with Crippen molar-refractivity contribution in [3.8, 4) is 0 Å². The molecule has 0 bridgehead atoms. The Balaban J connectivity index is 1.38. The highest BCUT2D eigenvalue weighted by Gasteiger charge is 2.16. The maximum atomic E-state index is 12.9. The van der Waals surface area contributed by atoms with Crippen LogP contribution in [-0.2, 0) is 19.6 Å². The third-order valence-corrected chi connectivity index (χ3v) is 6.15. The molecule has 8 heteroatoms. The molecule has 7 nitrogen and oxygen atoms in total. The Bertz CT molecular complexity index is 1160. The molecule has 1 aliphatic heterocycles. The van der Waals surface area contributed by atoms with Crippen molar-refractivity contribution >= 4 is 28.5 Å². The zero-order chi connectivity index (χ0) is 23.2. The first-order valence-corrected chi connectivity index (χ1v) is 11.9. The van der Waals surface area contributed by atoms with Crippen LogP contribution in [0.2, 0.25) is 5.02 Å². The van der Waals surface area contributed by atoms with E-state index in [0.717, 1.165) is 18.5 Å². The molecule has 1 aliphatic rings. The Morgan fingerprint density at radius 2 is 1.88 bits per heavy atom. The molecule has 0 saturated carbocycles. The molecule has 2 aromatic carbocycles. The molecule has 2 amide bonds.